The van der Waals surface area contributed by atoms with E-state index in [0.29, 0.717) is 12.5 Å². The first-order valence-corrected chi connectivity index (χ1v) is 11.6. The van der Waals surface area contributed by atoms with Crippen molar-refractivity contribution in [3.63, 3.8) is 0 Å². The smallest absolute Gasteiger partial charge is 0.119 e. The molecular formula is C30H31N3O. The number of aromatic nitrogens is 2. The van der Waals surface area contributed by atoms with Crippen molar-refractivity contribution < 1.29 is 4.74 Å². The van der Waals surface area contributed by atoms with Crippen LogP contribution in [-0.2, 0) is 0 Å². The van der Waals surface area contributed by atoms with Gasteiger partial charge in [0.15, 0.2) is 0 Å². The standard InChI is InChI=1S/C30H31N3O/c1-6-20(2)16-18-34-26-13-11-24(12-14-26)23-7-9-25(10-8-23)30-21(3)29(22(4)31-5)27-19-32-17-15-28(27)33-30/h6-15,17,19-20,31H,1,4,16,18H2,2-3,5H3. The van der Waals surface area contributed by atoms with Gasteiger partial charge in [0.2, 0.25) is 0 Å². The van der Waals surface area contributed by atoms with Crippen LogP contribution in [0.15, 0.2) is 86.2 Å². The molecule has 2 aromatic carbocycles. The molecule has 0 bridgehead atoms. The molecule has 1 atom stereocenters. The SMILES string of the molecule is C=CC(C)CCOc1ccc(-c2ccc(-c3nc4ccncc4c(C(=C)NC)c3C)cc2)cc1. The lowest BCUT2D eigenvalue weighted by atomic mass is 9.95. The molecule has 0 fully saturated rings. The minimum atomic E-state index is 0.461. The Morgan fingerprint density at radius 3 is 2.32 bits per heavy atom. The lowest BCUT2D eigenvalue weighted by molar-refractivity contribution is 0.296. The van der Waals surface area contributed by atoms with Gasteiger partial charge in [-0.1, -0.05) is 56.0 Å². The Bertz CT molecular complexity index is 1310. The summed E-state index contributed by atoms with van der Waals surface area (Å²) in [6.45, 7) is 13.0. The normalized spacial score (nSPS) is 11.7. The molecule has 4 nitrogen and oxygen atoms in total. The number of nitrogens with zero attached hydrogens (tertiary/aromatic N) is 2. The summed E-state index contributed by atoms with van der Waals surface area (Å²) in [5, 5.41) is 4.19. The van der Waals surface area contributed by atoms with E-state index in [1.165, 1.54) is 0 Å². The Balaban J connectivity index is 1.59. The summed E-state index contributed by atoms with van der Waals surface area (Å²) in [5.74, 6) is 1.35. The number of ether oxygens (including phenoxy) is 1. The van der Waals surface area contributed by atoms with Crippen LogP contribution in [0.1, 0.15) is 24.5 Å². The fraction of sp³-hybridized carbons (Fsp3) is 0.200. The van der Waals surface area contributed by atoms with Gasteiger partial charge in [0.05, 0.1) is 17.8 Å². The number of allylic oxidation sites excluding steroid dienone is 1. The first-order chi connectivity index (χ1) is 16.5. The highest BCUT2D eigenvalue weighted by Crippen LogP contribution is 2.33. The van der Waals surface area contributed by atoms with Crippen molar-refractivity contribution in [1.82, 2.24) is 15.3 Å². The number of fused-ring (bicyclic) bond motifs is 1. The minimum absolute atomic E-state index is 0.461. The van der Waals surface area contributed by atoms with Crippen molar-refractivity contribution >= 4 is 16.6 Å². The van der Waals surface area contributed by atoms with Crippen LogP contribution in [0, 0.1) is 12.8 Å². The van der Waals surface area contributed by atoms with Crippen LogP contribution in [0.2, 0.25) is 0 Å². The Labute approximate surface area is 202 Å². The van der Waals surface area contributed by atoms with Gasteiger partial charge < -0.3 is 10.1 Å². The monoisotopic (exact) mass is 449 g/mol. The maximum atomic E-state index is 5.86. The molecule has 2 heterocycles. The zero-order valence-corrected chi connectivity index (χ0v) is 20.1. The molecule has 0 aliphatic rings. The second kappa shape index (κ2) is 10.3. The highest BCUT2D eigenvalue weighted by Gasteiger charge is 2.15. The number of nitrogens with one attached hydrogen (secondary N) is 1. The Morgan fingerprint density at radius 2 is 1.68 bits per heavy atom. The molecule has 4 aromatic rings. The topological polar surface area (TPSA) is 47.0 Å². The predicted octanol–water partition coefficient (Wildman–Crippen LogP) is 7.05. The van der Waals surface area contributed by atoms with Gasteiger partial charge in [-0.2, -0.15) is 0 Å². The summed E-state index contributed by atoms with van der Waals surface area (Å²) in [6.07, 6.45) is 6.55. The quantitative estimate of drug-likeness (QED) is 0.278. The first kappa shape index (κ1) is 23.2. The van der Waals surface area contributed by atoms with Gasteiger partial charge in [0, 0.05) is 41.7 Å². The van der Waals surface area contributed by atoms with E-state index < -0.39 is 0 Å². The lowest BCUT2D eigenvalue weighted by Crippen LogP contribution is -2.07. The molecule has 34 heavy (non-hydrogen) atoms. The molecule has 2 aromatic heterocycles. The molecular weight excluding hydrogens is 418 g/mol. The molecule has 4 rings (SSSR count). The molecule has 4 heteroatoms. The molecule has 0 amide bonds. The molecule has 0 aliphatic carbocycles. The molecule has 1 unspecified atom stereocenters. The van der Waals surface area contributed by atoms with Gasteiger partial charge in [-0.25, -0.2) is 4.98 Å². The first-order valence-electron chi connectivity index (χ1n) is 11.6. The number of rotatable bonds is 9. The summed E-state index contributed by atoms with van der Waals surface area (Å²) in [6, 6.07) is 18.7. The summed E-state index contributed by atoms with van der Waals surface area (Å²) in [7, 11) is 1.89. The van der Waals surface area contributed by atoms with Crippen LogP contribution < -0.4 is 10.1 Å². The van der Waals surface area contributed by atoms with Crippen molar-refractivity contribution in [2.45, 2.75) is 20.3 Å². The van der Waals surface area contributed by atoms with Crippen LogP contribution in [0.3, 0.4) is 0 Å². The molecule has 1 N–H and O–H groups in total. The Hall–Kier alpha value is -3.92. The van der Waals surface area contributed by atoms with Crippen LogP contribution in [0.5, 0.6) is 5.75 Å². The third kappa shape index (κ3) is 4.86. The van der Waals surface area contributed by atoms with E-state index in [4.69, 9.17) is 9.72 Å². The zero-order chi connectivity index (χ0) is 24.1. The average molecular weight is 450 g/mol. The average Bonchev–Trinajstić information content (AvgIpc) is 2.88. The van der Waals surface area contributed by atoms with Gasteiger partial charge >= 0.3 is 0 Å². The second-order valence-electron chi connectivity index (χ2n) is 8.53. The van der Waals surface area contributed by atoms with Gasteiger partial charge in [0.1, 0.15) is 5.75 Å². The number of benzene rings is 2. The van der Waals surface area contributed by atoms with Crippen molar-refractivity contribution in [3.05, 3.63) is 97.4 Å². The van der Waals surface area contributed by atoms with Gasteiger partial charge in [-0.15, -0.1) is 6.58 Å². The Morgan fingerprint density at radius 1 is 1.03 bits per heavy atom. The highest BCUT2D eigenvalue weighted by atomic mass is 16.5. The minimum Gasteiger partial charge on any atom is -0.494 e. The third-order valence-electron chi connectivity index (χ3n) is 6.22. The van der Waals surface area contributed by atoms with E-state index >= 15 is 0 Å². The van der Waals surface area contributed by atoms with Crippen molar-refractivity contribution in [3.8, 4) is 28.1 Å². The van der Waals surface area contributed by atoms with E-state index in [1.54, 1.807) is 6.20 Å². The fourth-order valence-electron chi connectivity index (χ4n) is 4.04. The fourth-order valence-corrected chi connectivity index (χ4v) is 4.04. The summed E-state index contributed by atoms with van der Waals surface area (Å²) in [4.78, 5) is 9.24. The van der Waals surface area contributed by atoms with E-state index in [9.17, 15) is 0 Å². The number of hydrogen-bond acceptors (Lipinski definition) is 4. The number of pyridine rings is 2. The van der Waals surface area contributed by atoms with E-state index in [0.717, 1.165) is 62.3 Å². The maximum Gasteiger partial charge on any atom is 0.119 e. The lowest BCUT2D eigenvalue weighted by Gasteiger charge is -2.16. The van der Waals surface area contributed by atoms with E-state index in [-0.39, 0.29) is 0 Å². The van der Waals surface area contributed by atoms with Crippen LogP contribution in [-0.4, -0.2) is 23.6 Å². The summed E-state index contributed by atoms with van der Waals surface area (Å²) in [5.41, 5.74) is 8.23. The van der Waals surface area contributed by atoms with Crippen LogP contribution in [0.4, 0.5) is 0 Å². The second-order valence-corrected chi connectivity index (χ2v) is 8.53. The largest absolute Gasteiger partial charge is 0.494 e. The molecule has 172 valence electrons. The highest BCUT2D eigenvalue weighted by molar-refractivity contribution is 5.94. The number of hydrogen-bond donors (Lipinski definition) is 1. The molecule has 0 radical (unpaired) electrons. The Kier molecular flexibility index (Phi) is 7.07. The van der Waals surface area contributed by atoms with E-state index in [2.05, 4.69) is 73.7 Å². The molecule has 0 spiro atoms. The van der Waals surface area contributed by atoms with Crippen molar-refractivity contribution in [2.24, 2.45) is 5.92 Å². The van der Waals surface area contributed by atoms with Crippen LogP contribution >= 0.6 is 0 Å². The van der Waals surface area contributed by atoms with Gasteiger partial charge in [-0.3, -0.25) is 4.98 Å². The summed E-state index contributed by atoms with van der Waals surface area (Å²) < 4.78 is 5.86. The third-order valence-corrected chi connectivity index (χ3v) is 6.22. The molecule has 0 aliphatic heterocycles. The molecule has 0 saturated heterocycles. The molecule has 0 saturated carbocycles. The summed E-state index contributed by atoms with van der Waals surface area (Å²) >= 11 is 0. The van der Waals surface area contributed by atoms with Crippen molar-refractivity contribution in [1.29, 1.82) is 0 Å². The van der Waals surface area contributed by atoms with Gasteiger partial charge in [0.25, 0.3) is 0 Å². The van der Waals surface area contributed by atoms with Crippen LogP contribution in [0.25, 0.3) is 39.0 Å². The zero-order valence-electron chi connectivity index (χ0n) is 20.1. The van der Waals surface area contributed by atoms with E-state index in [1.807, 2.05) is 37.5 Å². The maximum absolute atomic E-state index is 5.86. The van der Waals surface area contributed by atoms with Gasteiger partial charge in [-0.05, 0) is 54.2 Å². The predicted molar refractivity (Wildman–Crippen MR) is 143 cm³/mol. The van der Waals surface area contributed by atoms with Crippen molar-refractivity contribution in [2.75, 3.05) is 13.7 Å².